The molecule has 0 atom stereocenters. The van der Waals surface area contributed by atoms with Crippen LogP contribution in [0.4, 0.5) is 22.0 Å². The van der Waals surface area contributed by atoms with Gasteiger partial charge in [-0.05, 0) is 29.8 Å². The van der Waals surface area contributed by atoms with Crippen molar-refractivity contribution in [1.82, 2.24) is 0 Å². The van der Waals surface area contributed by atoms with Gasteiger partial charge in [0.15, 0.2) is 0 Å². The second-order valence-corrected chi connectivity index (χ2v) is 3.59. The molecule has 2 aromatic carbocycles. The van der Waals surface area contributed by atoms with E-state index in [1.54, 1.807) is 0 Å². The van der Waals surface area contributed by atoms with Crippen LogP contribution >= 0.6 is 0 Å². The Morgan fingerprint density at radius 2 is 1.56 bits per heavy atom. The Bertz CT molecular complexity index is 552. The van der Waals surface area contributed by atoms with Crippen molar-refractivity contribution in [3.63, 3.8) is 0 Å². The number of hydrogen-bond acceptors (Lipinski definition) is 0. The van der Waals surface area contributed by atoms with Crippen LogP contribution in [0.2, 0.25) is 0 Å². The third-order valence-corrected chi connectivity index (χ3v) is 2.36. The fraction of sp³-hybridized carbons (Fsp3) is 0.0769. The molecule has 0 saturated heterocycles. The minimum absolute atomic E-state index is 0.170. The number of hydrogen-bond donors (Lipinski definition) is 0. The number of benzene rings is 2. The minimum atomic E-state index is -4.60. The van der Waals surface area contributed by atoms with Gasteiger partial charge >= 0.3 is 6.18 Å². The highest BCUT2D eigenvalue weighted by Gasteiger charge is 2.31. The lowest BCUT2D eigenvalue weighted by Crippen LogP contribution is -2.05. The van der Waals surface area contributed by atoms with Gasteiger partial charge in [-0.15, -0.1) is 0 Å². The zero-order valence-corrected chi connectivity index (χ0v) is 8.85. The SMILES string of the molecule is Fc1cccc(F)c1-c1cc[c]c(C(F)(F)F)c1. The first kappa shape index (κ1) is 12.5. The Labute approximate surface area is 99.7 Å². The Balaban J connectivity index is 2.59. The van der Waals surface area contributed by atoms with Crippen LogP contribution in [0.3, 0.4) is 0 Å². The van der Waals surface area contributed by atoms with Crippen LogP contribution in [0.15, 0.2) is 36.4 Å². The normalized spacial score (nSPS) is 11.6. The van der Waals surface area contributed by atoms with E-state index in [4.69, 9.17) is 0 Å². The van der Waals surface area contributed by atoms with Crippen molar-refractivity contribution in [2.75, 3.05) is 0 Å². The molecule has 18 heavy (non-hydrogen) atoms. The predicted octanol–water partition coefficient (Wildman–Crippen LogP) is 4.45. The highest BCUT2D eigenvalue weighted by Crippen LogP contribution is 2.33. The van der Waals surface area contributed by atoms with E-state index in [1.807, 2.05) is 6.07 Å². The molecule has 93 valence electrons. The molecular weight excluding hydrogens is 251 g/mol. The summed E-state index contributed by atoms with van der Waals surface area (Å²) in [5, 5.41) is 0. The monoisotopic (exact) mass is 257 g/mol. The standard InChI is InChI=1S/C13H6F5/c14-10-5-2-6-11(15)12(10)8-3-1-4-9(7-8)13(16,17)18/h1-3,5-7H. The van der Waals surface area contributed by atoms with E-state index in [-0.39, 0.29) is 5.56 Å². The zero-order chi connectivity index (χ0) is 13.3. The van der Waals surface area contributed by atoms with Gasteiger partial charge in [-0.2, -0.15) is 13.2 Å². The Hall–Kier alpha value is -1.91. The maximum atomic E-state index is 13.4. The van der Waals surface area contributed by atoms with Crippen molar-refractivity contribution in [3.05, 3.63) is 59.7 Å². The van der Waals surface area contributed by atoms with Crippen LogP contribution in [0.25, 0.3) is 11.1 Å². The zero-order valence-electron chi connectivity index (χ0n) is 8.85. The van der Waals surface area contributed by atoms with Crippen LogP contribution in [-0.4, -0.2) is 0 Å². The van der Waals surface area contributed by atoms with Crippen LogP contribution < -0.4 is 0 Å². The molecule has 2 aromatic rings. The summed E-state index contributed by atoms with van der Waals surface area (Å²) in [6.45, 7) is 0. The third kappa shape index (κ3) is 2.34. The van der Waals surface area contributed by atoms with Crippen molar-refractivity contribution in [3.8, 4) is 11.1 Å². The predicted molar refractivity (Wildman–Crippen MR) is 55.6 cm³/mol. The van der Waals surface area contributed by atoms with Crippen molar-refractivity contribution in [2.45, 2.75) is 6.18 Å². The van der Waals surface area contributed by atoms with E-state index in [2.05, 4.69) is 0 Å². The van der Waals surface area contributed by atoms with Crippen molar-refractivity contribution in [1.29, 1.82) is 0 Å². The van der Waals surface area contributed by atoms with Crippen LogP contribution in [0, 0.1) is 17.7 Å². The molecule has 0 bridgehead atoms. The summed E-state index contributed by atoms with van der Waals surface area (Å²) in [6.07, 6.45) is -4.60. The summed E-state index contributed by atoms with van der Waals surface area (Å²) in [6, 6.07) is 7.95. The van der Waals surface area contributed by atoms with Gasteiger partial charge in [0.05, 0.1) is 11.1 Å². The second kappa shape index (κ2) is 4.40. The van der Waals surface area contributed by atoms with Gasteiger partial charge in [-0.1, -0.05) is 18.2 Å². The lowest BCUT2D eigenvalue weighted by atomic mass is 10.0. The largest absolute Gasteiger partial charge is 0.417 e. The van der Waals surface area contributed by atoms with E-state index in [0.29, 0.717) is 6.07 Å². The van der Waals surface area contributed by atoms with Gasteiger partial charge in [-0.3, -0.25) is 0 Å². The van der Waals surface area contributed by atoms with E-state index >= 15 is 0 Å². The first-order chi connectivity index (χ1) is 8.39. The molecule has 0 fully saturated rings. The molecule has 0 aliphatic heterocycles. The fourth-order valence-corrected chi connectivity index (χ4v) is 1.56. The Kier molecular flexibility index (Phi) is 3.07. The first-order valence-electron chi connectivity index (χ1n) is 4.93. The summed E-state index contributed by atoms with van der Waals surface area (Å²) < 4.78 is 64.3. The van der Waals surface area contributed by atoms with Crippen molar-refractivity contribution >= 4 is 0 Å². The molecule has 0 aliphatic carbocycles. The van der Waals surface area contributed by atoms with Crippen molar-refractivity contribution in [2.24, 2.45) is 0 Å². The molecule has 0 nitrogen and oxygen atoms in total. The molecular formula is C13H6F5. The van der Waals surface area contributed by atoms with Gasteiger partial charge in [-0.25, -0.2) is 8.78 Å². The molecule has 5 heteroatoms. The summed E-state index contributed by atoms with van der Waals surface area (Å²) in [5.41, 5.74) is -1.71. The minimum Gasteiger partial charge on any atom is -0.206 e. The quantitative estimate of drug-likeness (QED) is 0.662. The van der Waals surface area contributed by atoms with Gasteiger partial charge in [0, 0.05) is 0 Å². The number of alkyl halides is 3. The first-order valence-corrected chi connectivity index (χ1v) is 4.93. The summed E-state index contributed by atoms with van der Waals surface area (Å²) >= 11 is 0. The lowest BCUT2D eigenvalue weighted by Gasteiger charge is -2.09. The van der Waals surface area contributed by atoms with E-state index in [1.165, 1.54) is 6.07 Å². The highest BCUT2D eigenvalue weighted by atomic mass is 19.4. The second-order valence-electron chi connectivity index (χ2n) is 3.59. The molecule has 0 aliphatic rings. The number of halogens is 5. The smallest absolute Gasteiger partial charge is 0.206 e. The summed E-state index contributed by atoms with van der Waals surface area (Å²) in [7, 11) is 0. The molecule has 0 unspecified atom stereocenters. The summed E-state index contributed by atoms with van der Waals surface area (Å²) in [4.78, 5) is 0. The maximum absolute atomic E-state index is 13.4. The fourth-order valence-electron chi connectivity index (χ4n) is 1.56. The van der Waals surface area contributed by atoms with Crippen LogP contribution in [-0.2, 0) is 6.18 Å². The molecule has 0 N–H and O–H groups in total. The molecule has 1 radical (unpaired) electrons. The topological polar surface area (TPSA) is 0 Å². The third-order valence-electron chi connectivity index (χ3n) is 2.36. The Morgan fingerprint density at radius 3 is 2.11 bits per heavy atom. The van der Waals surface area contributed by atoms with Gasteiger partial charge in [0.2, 0.25) is 0 Å². The van der Waals surface area contributed by atoms with Crippen molar-refractivity contribution < 1.29 is 22.0 Å². The average molecular weight is 257 g/mol. The maximum Gasteiger partial charge on any atom is 0.417 e. The van der Waals surface area contributed by atoms with Gasteiger partial charge < -0.3 is 0 Å². The van der Waals surface area contributed by atoms with E-state index < -0.39 is 28.9 Å². The van der Waals surface area contributed by atoms with E-state index in [0.717, 1.165) is 24.3 Å². The Morgan fingerprint density at radius 1 is 0.944 bits per heavy atom. The van der Waals surface area contributed by atoms with Gasteiger partial charge in [0.25, 0.3) is 0 Å². The molecule has 0 spiro atoms. The molecule has 0 heterocycles. The van der Waals surface area contributed by atoms with E-state index in [9.17, 15) is 22.0 Å². The molecule has 0 amide bonds. The highest BCUT2D eigenvalue weighted by molar-refractivity contribution is 5.65. The summed E-state index contributed by atoms with van der Waals surface area (Å²) in [5.74, 6) is -1.82. The van der Waals surface area contributed by atoms with Crippen LogP contribution in [0.5, 0.6) is 0 Å². The van der Waals surface area contributed by atoms with Gasteiger partial charge in [0.1, 0.15) is 11.6 Å². The molecule has 2 rings (SSSR count). The average Bonchev–Trinajstić information content (AvgIpc) is 2.28. The molecule has 0 saturated carbocycles. The van der Waals surface area contributed by atoms with Crippen LogP contribution in [0.1, 0.15) is 5.56 Å². The lowest BCUT2D eigenvalue weighted by molar-refractivity contribution is -0.137. The molecule has 0 aromatic heterocycles. The number of rotatable bonds is 1.